The van der Waals surface area contributed by atoms with Gasteiger partial charge in [0.1, 0.15) is 5.75 Å². The molecule has 0 spiro atoms. The van der Waals surface area contributed by atoms with Gasteiger partial charge >= 0.3 is 0 Å². The van der Waals surface area contributed by atoms with Gasteiger partial charge in [-0.15, -0.1) is 10.2 Å². The molecule has 0 fully saturated rings. The van der Waals surface area contributed by atoms with Gasteiger partial charge in [-0.1, -0.05) is 41.6 Å². The Morgan fingerprint density at radius 3 is 2.77 bits per heavy atom. The van der Waals surface area contributed by atoms with E-state index in [4.69, 9.17) is 9.15 Å². The Kier molecular flexibility index (Phi) is 4.44. The summed E-state index contributed by atoms with van der Waals surface area (Å²) in [6.45, 7) is 2.04. The van der Waals surface area contributed by atoms with Crippen molar-refractivity contribution in [1.82, 2.24) is 10.2 Å². The molecule has 0 aliphatic carbocycles. The fourth-order valence-electron chi connectivity index (χ4n) is 2.07. The number of benzene rings is 2. The van der Waals surface area contributed by atoms with Crippen molar-refractivity contribution in [1.29, 1.82) is 0 Å². The fraction of sp³-hybridized carbons (Fsp3) is 0.176. The van der Waals surface area contributed by atoms with E-state index in [0.29, 0.717) is 11.1 Å². The highest BCUT2D eigenvalue weighted by Crippen LogP contribution is 2.27. The molecule has 0 saturated carbocycles. The molecule has 0 aliphatic heterocycles. The average molecular weight is 312 g/mol. The number of hydrogen-bond acceptors (Lipinski definition) is 5. The van der Waals surface area contributed by atoms with Gasteiger partial charge in [-0.3, -0.25) is 0 Å². The van der Waals surface area contributed by atoms with Crippen LogP contribution in [-0.2, 0) is 5.75 Å². The number of aryl methyl sites for hydroxylation is 1. The van der Waals surface area contributed by atoms with Gasteiger partial charge in [0.15, 0.2) is 0 Å². The van der Waals surface area contributed by atoms with E-state index in [1.54, 1.807) is 7.11 Å². The molecule has 2 aromatic carbocycles. The number of rotatable bonds is 5. The topological polar surface area (TPSA) is 48.2 Å². The lowest BCUT2D eigenvalue weighted by Gasteiger charge is -2.02. The zero-order valence-corrected chi connectivity index (χ0v) is 13.3. The minimum atomic E-state index is 0.553. The molecular formula is C17H16N2O2S. The molecule has 0 amide bonds. The highest BCUT2D eigenvalue weighted by atomic mass is 32.2. The molecule has 0 unspecified atom stereocenters. The Hall–Kier alpha value is -2.27. The zero-order valence-electron chi connectivity index (χ0n) is 12.4. The molecule has 0 radical (unpaired) electrons. The number of aromatic nitrogens is 2. The summed E-state index contributed by atoms with van der Waals surface area (Å²) in [6.07, 6.45) is 0. The minimum Gasteiger partial charge on any atom is -0.497 e. The summed E-state index contributed by atoms with van der Waals surface area (Å²) in [5, 5.41) is 8.78. The molecule has 3 aromatic rings. The predicted octanol–water partition coefficient (Wildman–Crippen LogP) is 4.35. The molecule has 0 saturated heterocycles. The van der Waals surface area contributed by atoms with Crippen LogP contribution in [0.4, 0.5) is 0 Å². The van der Waals surface area contributed by atoms with Crippen molar-refractivity contribution < 1.29 is 9.15 Å². The van der Waals surface area contributed by atoms with Gasteiger partial charge in [0.25, 0.3) is 5.22 Å². The monoisotopic (exact) mass is 312 g/mol. The third-order valence-corrected chi connectivity index (χ3v) is 4.06. The van der Waals surface area contributed by atoms with Crippen LogP contribution in [0.5, 0.6) is 5.75 Å². The Bertz CT molecular complexity index is 771. The molecule has 5 heteroatoms. The summed E-state index contributed by atoms with van der Waals surface area (Å²) in [5.41, 5.74) is 3.27. The first-order valence-corrected chi connectivity index (χ1v) is 7.89. The van der Waals surface area contributed by atoms with Crippen LogP contribution in [0.2, 0.25) is 0 Å². The summed E-state index contributed by atoms with van der Waals surface area (Å²) in [5.74, 6) is 2.16. The van der Waals surface area contributed by atoms with Crippen molar-refractivity contribution in [2.24, 2.45) is 0 Å². The lowest BCUT2D eigenvalue weighted by molar-refractivity contribution is 0.414. The highest BCUT2D eigenvalue weighted by molar-refractivity contribution is 7.98. The maximum Gasteiger partial charge on any atom is 0.277 e. The van der Waals surface area contributed by atoms with Crippen LogP contribution in [-0.4, -0.2) is 17.3 Å². The van der Waals surface area contributed by atoms with Gasteiger partial charge in [0, 0.05) is 11.3 Å². The van der Waals surface area contributed by atoms with Gasteiger partial charge in [0.2, 0.25) is 5.89 Å². The van der Waals surface area contributed by atoms with Crippen molar-refractivity contribution >= 4 is 11.8 Å². The van der Waals surface area contributed by atoms with Gasteiger partial charge in [0.05, 0.1) is 7.11 Å². The van der Waals surface area contributed by atoms with Crippen molar-refractivity contribution in [3.8, 4) is 17.2 Å². The smallest absolute Gasteiger partial charge is 0.277 e. The van der Waals surface area contributed by atoms with Gasteiger partial charge in [-0.05, 0) is 36.8 Å². The number of thioether (sulfide) groups is 1. The number of methoxy groups -OCH3 is 1. The van der Waals surface area contributed by atoms with Crippen molar-refractivity contribution in [3.05, 3.63) is 59.7 Å². The van der Waals surface area contributed by atoms with Crippen LogP contribution < -0.4 is 4.74 Å². The maximum atomic E-state index is 5.71. The first kappa shape index (κ1) is 14.7. The molecule has 1 aromatic heterocycles. The van der Waals surface area contributed by atoms with E-state index in [0.717, 1.165) is 22.6 Å². The summed E-state index contributed by atoms with van der Waals surface area (Å²) in [6, 6.07) is 16.0. The quantitative estimate of drug-likeness (QED) is 0.656. The number of ether oxygens (including phenoxy) is 1. The molecule has 22 heavy (non-hydrogen) atoms. The SMILES string of the molecule is COc1cccc(CSc2nnc(-c3cccc(C)c3)o2)c1. The molecule has 0 N–H and O–H groups in total. The average Bonchev–Trinajstić information content (AvgIpc) is 3.02. The number of hydrogen-bond donors (Lipinski definition) is 0. The maximum absolute atomic E-state index is 5.71. The van der Waals surface area contributed by atoms with E-state index in [-0.39, 0.29) is 0 Å². The third-order valence-electron chi connectivity index (χ3n) is 3.17. The van der Waals surface area contributed by atoms with Crippen LogP contribution in [0, 0.1) is 6.92 Å². The normalized spacial score (nSPS) is 10.6. The molecule has 3 rings (SSSR count). The first-order valence-electron chi connectivity index (χ1n) is 6.91. The number of nitrogens with zero attached hydrogens (tertiary/aromatic N) is 2. The molecule has 1 heterocycles. The summed E-state index contributed by atoms with van der Waals surface area (Å²) in [7, 11) is 1.67. The lowest BCUT2D eigenvalue weighted by Crippen LogP contribution is -1.85. The highest BCUT2D eigenvalue weighted by Gasteiger charge is 2.09. The second-order valence-electron chi connectivity index (χ2n) is 4.88. The first-order chi connectivity index (χ1) is 10.7. The van der Waals surface area contributed by atoms with Crippen LogP contribution in [0.1, 0.15) is 11.1 Å². The summed E-state index contributed by atoms with van der Waals surface area (Å²) in [4.78, 5) is 0. The molecule has 0 atom stereocenters. The Morgan fingerprint density at radius 2 is 1.95 bits per heavy atom. The van der Waals surface area contributed by atoms with Gasteiger partial charge < -0.3 is 9.15 Å². The van der Waals surface area contributed by atoms with Gasteiger partial charge in [-0.2, -0.15) is 0 Å². The van der Waals surface area contributed by atoms with Crippen LogP contribution in [0.25, 0.3) is 11.5 Å². The van der Waals surface area contributed by atoms with Crippen LogP contribution >= 0.6 is 11.8 Å². The van der Waals surface area contributed by atoms with Crippen molar-refractivity contribution in [3.63, 3.8) is 0 Å². The molecule has 0 bridgehead atoms. The third kappa shape index (κ3) is 3.49. The fourth-order valence-corrected chi connectivity index (χ4v) is 2.78. The minimum absolute atomic E-state index is 0.553. The lowest BCUT2D eigenvalue weighted by atomic mass is 10.1. The summed E-state index contributed by atoms with van der Waals surface area (Å²) < 4.78 is 10.9. The zero-order chi connectivity index (χ0) is 15.4. The van der Waals surface area contributed by atoms with E-state index in [9.17, 15) is 0 Å². The Morgan fingerprint density at radius 1 is 1.09 bits per heavy atom. The van der Waals surface area contributed by atoms with E-state index >= 15 is 0 Å². The Balaban J connectivity index is 1.69. The molecule has 4 nitrogen and oxygen atoms in total. The van der Waals surface area contributed by atoms with E-state index < -0.39 is 0 Å². The van der Waals surface area contributed by atoms with Crippen LogP contribution in [0.15, 0.2) is 58.2 Å². The van der Waals surface area contributed by atoms with Crippen molar-refractivity contribution in [2.75, 3.05) is 7.11 Å². The van der Waals surface area contributed by atoms with E-state index in [1.165, 1.54) is 17.3 Å². The second kappa shape index (κ2) is 6.66. The Labute approximate surface area is 133 Å². The van der Waals surface area contributed by atoms with E-state index in [2.05, 4.69) is 10.2 Å². The molecule has 0 aliphatic rings. The predicted molar refractivity (Wildman–Crippen MR) is 87.0 cm³/mol. The molecule has 112 valence electrons. The largest absolute Gasteiger partial charge is 0.497 e. The van der Waals surface area contributed by atoms with Crippen molar-refractivity contribution in [2.45, 2.75) is 17.9 Å². The van der Waals surface area contributed by atoms with E-state index in [1.807, 2.05) is 55.5 Å². The molecular weight excluding hydrogens is 296 g/mol. The summed E-state index contributed by atoms with van der Waals surface area (Å²) >= 11 is 1.52. The standard InChI is InChI=1S/C17H16N2O2S/c1-12-5-3-7-14(9-12)16-18-19-17(21-16)22-11-13-6-4-8-15(10-13)20-2/h3-10H,11H2,1-2H3. The van der Waals surface area contributed by atoms with Crippen LogP contribution in [0.3, 0.4) is 0 Å². The van der Waals surface area contributed by atoms with Gasteiger partial charge in [-0.25, -0.2) is 0 Å². The second-order valence-corrected chi connectivity index (χ2v) is 5.81.